The van der Waals surface area contributed by atoms with E-state index in [0.29, 0.717) is 18.1 Å². The molecule has 1 aliphatic carbocycles. The summed E-state index contributed by atoms with van der Waals surface area (Å²) in [5.74, 6) is 1.77. The molecule has 1 heterocycles. The van der Waals surface area contributed by atoms with Crippen molar-refractivity contribution >= 4 is 0 Å². The van der Waals surface area contributed by atoms with Crippen LogP contribution in [-0.2, 0) is 0 Å². The molecule has 1 aromatic rings. The topological polar surface area (TPSA) is 21.3 Å². The molecular formula is C15H21NO. The molecule has 0 bridgehead atoms. The summed E-state index contributed by atoms with van der Waals surface area (Å²) in [6.45, 7) is 3.41. The maximum atomic E-state index is 5.87. The molecule has 0 radical (unpaired) electrons. The molecule has 3 rings (SSSR count). The first-order chi connectivity index (χ1) is 8.31. The van der Waals surface area contributed by atoms with Crippen molar-refractivity contribution in [1.82, 2.24) is 5.32 Å². The van der Waals surface area contributed by atoms with Gasteiger partial charge in [0.1, 0.15) is 5.75 Å². The van der Waals surface area contributed by atoms with Gasteiger partial charge in [0.05, 0.1) is 6.10 Å². The molecule has 1 N–H and O–H groups in total. The third kappa shape index (κ3) is 2.81. The van der Waals surface area contributed by atoms with E-state index in [9.17, 15) is 0 Å². The van der Waals surface area contributed by atoms with Gasteiger partial charge in [-0.15, -0.1) is 0 Å². The number of piperidine rings is 1. The van der Waals surface area contributed by atoms with Gasteiger partial charge in [-0.2, -0.15) is 0 Å². The molecule has 2 atom stereocenters. The van der Waals surface area contributed by atoms with Crippen LogP contribution >= 0.6 is 0 Å². The Labute approximate surface area is 103 Å². The molecule has 2 nitrogen and oxygen atoms in total. The van der Waals surface area contributed by atoms with Gasteiger partial charge in [0.25, 0.3) is 0 Å². The molecule has 92 valence electrons. The van der Waals surface area contributed by atoms with E-state index >= 15 is 0 Å². The Kier molecular flexibility index (Phi) is 3.06. The molecule has 17 heavy (non-hydrogen) atoms. The lowest BCUT2D eigenvalue weighted by molar-refractivity contribution is 0.302. The molecule has 0 aromatic heterocycles. The highest BCUT2D eigenvalue weighted by atomic mass is 16.5. The molecule has 2 fully saturated rings. The lowest BCUT2D eigenvalue weighted by Crippen LogP contribution is -2.34. The Bertz CT molecular complexity index is 386. The fourth-order valence-electron chi connectivity index (χ4n) is 2.65. The van der Waals surface area contributed by atoms with E-state index in [1.54, 1.807) is 0 Å². The number of benzene rings is 1. The molecule has 2 unspecified atom stereocenters. The zero-order valence-electron chi connectivity index (χ0n) is 10.5. The Hall–Kier alpha value is -1.02. The van der Waals surface area contributed by atoms with E-state index in [1.165, 1.54) is 31.2 Å². The fraction of sp³-hybridized carbons (Fsp3) is 0.600. The van der Waals surface area contributed by atoms with Gasteiger partial charge in [-0.1, -0.05) is 12.1 Å². The third-order valence-electron chi connectivity index (χ3n) is 3.78. The highest BCUT2D eigenvalue weighted by molar-refractivity contribution is 5.31. The van der Waals surface area contributed by atoms with Crippen molar-refractivity contribution in [1.29, 1.82) is 0 Å². The Morgan fingerprint density at radius 2 is 2.12 bits per heavy atom. The summed E-state index contributed by atoms with van der Waals surface area (Å²) >= 11 is 0. The Morgan fingerprint density at radius 3 is 2.88 bits per heavy atom. The molecule has 2 heteroatoms. The largest absolute Gasteiger partial charge is 0.490 e. The highest BCUT2D eigenvalue weighted by Crippen LogP contribution is 2.32. The Morgan fingerprint density at radius 1 is 1.24 bits per heavy atom. The van der Waals surface area contributed by atoms with Crippen LogP contribution in [0.2, 0.25) is 0 Å². The number of hydrogen-bond donors (Lipinski definition) is 1. The van der Waals surface area contributed by atoms with Crippen LogP contribution in [0, 0.1) is 0 Å². The van der Waals surface area contributed by atoms with Crippen LogP contribution in [0.1, 0.15) is 44.1 Å². The monoisotopic (exact) mass is 231 g/mol. The minimum absolute atomic E-state index is 0.497. The fourth-order valence-corrected chi connectivity index (χ4v) is 2.65. The van der Waals surface area contributed by atoms with Crippen molar-refractivity contribution in [3.05, 3.63) is 29.8 Å². The van der Waals surface area contributed by atoms with Crippen LogP contribution in [0.15, 0.2) is 24.3 Å². The highest BCUT2D eigenvalue weighted by Gasteiger charge is 2.24. The van der Waals surface area contributed by atoms with Crippen LogP contribution in [0.25, 0.3) is 0 Å². The summed E-state index contributed by atoms with van der Waals surface area (Å²) < 4.78 is 5.87. The summed E-state index contributed by atoms with van der Waals surface area (Å²) in [7, 11) is 0. The van der Waals surface area contributed by atoms with Crippen molar-refractivity contribution in [3.8, 4) is 5.75 Å². The van der Waals surface area contributed by atoms with Gasteiger partial charge in [-0.25, -0.2) is 0 Å². The first kappa shape index (κ1) is 11.1. The lowest BCUT2D eigenvalue weighted by Gasteiger charge is -2.28. The van der Waals surface area contributed by atoms with Crippen LogP contribution in [0.3, 0.4) is 0 Å². The number of nitrogens with one attached hydrogen (secondary N) is 1. The number of hydrogen-bond acceptors (Lipinski definition) is 2. The van der Waals surface area contributed by atoms with Gasteiger partial charge >= 0.3 is 0 Å². The smallest absolute Gasteiger partial charge is 0.119 e. The van der Waals surface area contributed by atoms with Crippen molar-refractivity contribution < 1.29 is 4.74 Å². The molecule has 1 aromatic carbocycles. The van der Waals surface area contributed by atoms with Gasteiger partial charge in [0.15, 0.2) is 0 Å². The summed E-state index contributed by atoms with van der Waals surface area (Å²) in [5, 5.41) is 3.51. The maximum Gasteiger partial charge on any atom is 0.119 e. The standard InChI is InChI=1S/C15H21NO/c1-11-9-13(7-8-16-11)12-3-2-4-15(10-12)17-14-5-6-14/h2-4,10-11,13-14,16H,5-9H2,1H3. The van der Waals surface area contributed by atoms with E-state index < -0.39 is 0 Å². The molecule has 0 amide bonds. The minimum atomic E-state index is 0.497. The third-order valence-corrected chi connectivity index (χ3v) is 3.78. The van der Waals surface area contributed by atoms with Gasteiger partial charge in [-0.05, 0) is 62.8 Å². The zero-order chi connectivity index (χ0) is 11.7. The van der Waals surface area contributed by atoms with Gasteiger partial charge in [0, 0.05) is 6.04 Å². The normalized spacial score (nSPS) is 29.0. The van der Waals surface area contributed by atoms with E-state index in [-0.39, 0.29) is 0 Å². The van der Waals surface area contributed by atoms with Crippen LogP contribution in [0.5, 0.6) is 5.75 Å². The zero-order valence-corrected chi connectivity index (χ0v) is 10.5. The predicted molar refractivity (Wildman–Crippen MR) is 69.5 cm³/mol. The molecular weight excluding hydrogens is 210 g/mol. The van der Waals surface area contributed by atoms with Gasteiger partial charge in [-0.3, -0.25) is 0 Å². The summed E-state index contributed by atoms with van der Waals surface area (Å²) in [6, 6.07) is 9.37. The second kappa shape index (κ2) is 4.69. The van der Waals surface area contributed by atoms with Crippen LogP contribution in [-0.4, -0.2) is 18.7 Å². The average Bonchev–Trinajstić information content (AvgIpc) is 3.13. The number of rotatable bonds is 3. The molecule has 1 saturated heterocycles. The quantitative estimate of drug-likeness (QED) is 0.863. The second-order valence-electron chi connectivity index (χ2n) is 5.47. The maximum absolute atomic E-state index is 5.87. The summed E-state index contributed by atoms with van der Waals surface area (Å²) in [4.78, 5) is 0. The van der Waals surface area contributed by atoms with Gasteiger partial charge < -0.3 is 10.1 Å². The average molecular weight is 231 g/mol. The van der Waals surface area contributed by atoms with E-state index in [1.807, 2.05) is 0 Å². The summed E-state index contributed by atoms with van der Waals surface area (Å²) in [6.07, 6.45) is 5.45. The first-order valence-corrected chi connectivity index (χ1v) is 6.81. The first-order valence-electron chi connectivity index (χ1n) is 6.81. The van der Waals surface area contributed by atoms with E-state index in [4.69, 9.17) is 4.74 Å². The van der Waals surface area contributed by atoms with Crippen LogP contribution < -0.4 is 10.1 Å². The predicted octanol–water partition coefficient (Wildman–Crippen LogP) is 3.08. The van der Waals surface area contributed by atoms with Crippen molar-refractivity contribution in [2.75, 3.05) is 6.54 Å². The number of ether oxygens (including phenoxy) is 1. The molecule has 1 saturated carbocycles. The van der Waals surface area contributed by atoms with E-state index in [2.05, 4.69) is 36.5 Å². The molecule has 2 aliphatic rings. The second-order valence-corrected chi connectivity index (χ2v) is 5.47. The minimum Gasteiger partial charge on any atom is -0.490 e. The molecule has 1 aliphatic heterocycles. The molecule has 0 spiro atoms. The van der Waals surface area contributed by atoms with E-state index in [0.717, 1.165) is 12.3 Å². The van der Waals surface area contributed by atoms with Crippen molar-refractivity contribution in [2.24, 2.45) is 0 Å². The lowest BCUT2D eigenvalue weighted by atomic mass is 9.87. The van der Waals surface area contributed by atoms with Crippen LogP contribution in [0.4, 0.5) is 0 Å². The van der Waals surface area contributed by atoms with Gasteiger partial charge in [0.2, 0.25) is 0 Å². The summed E-state index contributed by atoms with van der Waals surface area (Å²) in [5.41, 5.74) is 1.46. The van der Waals surface area contributed by atoms with Crippen molar-refractivity contribution in [3.63, 3.8) is 0 Å². The Balaban J connectivity index is 1.72. The SMILES string of the molecule is CC1CC(c2cccc(OC3CC3)c2)CCN1. The van der Waals surface area contributed by atoms with Crippen molar-refractivity contribution in [2.45, 2.75) is 50.7 Å².